The van der Waals surface area contributed by atoms with E-state index in [4.69, 9.17) is 9.47 Å². The molecule has 0 spiro atoms. The summed E-state index contributed by atoms with van der Waals surface area (Å²) in [7, 11) is 0. The molecule has 482 valence electrons. The standard InChI is InChI=1S/C73H137NO8/c1-3-5-7-9-11-13-15-17-19-21-23-24-25-26-27-28-29-30-31-32-33-34-35-36-37-38-39-40-41-42-43-44-45-47-49-51-53-55-57-59-61-63-69(77)74-66(65-81-73-72(80)71(79)70(78)68(64-75)82-73)67(76)62-60-58-56-54-52-50-48-46-22-20-18-16-14-12-10-8-6-4-2/h15,17,21,23,25-26,60,62,66-68,70-73,75-76,78-80H,3-14,16,18-20,22,24,27-59,61,63-65H2,1-2H3,(H,74,77)/b17-15-,23-21-,26-25-,62-60+. The van der Waals surface area contributed by atoms with E-state index in [1.165, 1.54) is 283 Å². The van der Waals surface area contributed by atoms with Crippen LogP contribution in [0.1, 0.15) is 354 Å². The van der Waals surface area contributed by atoms with Crippen LogP contribution in [0.2, 0.25) is 0 Å². The zero-order valence-electron chi connectivity index (χ0n) is 54.0. The molecule has 1 heterocycles. The lowest BCUT2D eigenvalue weighted by Crippen LogP contribution is -2.60. The Morgan fingerprint density at radius 3 is 1.06 bits per heavy atom. The van der Waals surface area contributed by atoms with Crippen molar-refractivity contribution in [1.29, 1.82) is 0 Å². The van der Waals surface area contributed by atoms with Gasteiger partial charge in [0.05, 0.1) is 25.4 Å². The first kappa shape index (κ1) is 78.2. The second kappa shape index (κ2) is 62.2. The second-order valence-corrected chi connectivity index (χ2v) is 25.0. The van der Waals surface area contributed by atoms with Crippen LogP contribution < -0.4 is 5.32 Å². The lowest BCUT2D eigenvalue weighted by molar-refractivity contribution is -0.302. The number of ether oxygens (including phenoxy) is 2. The molecule has 7 atom stereocenters. The van der Waals surface area contributed by atoms with Crippen molar-refractivity contribution in [3.63, 3.8) is 0 Å². The minimum Gasteiger partial charge on any atom is -0.394 e. The van der Waals surface area contributed by atoms with Crippen LogP contribution in [0.15, 0.2) is 48.6 Å². The number of aliphatic hydroxyl groups is 5. The summed E-state index contributed by atoms with van der Waals surface area (Å²) in [5.41, 5.74) is 0. The van der Waals surface area contributed by atoms with Gasteiger partial charge in [-0.3, -0.25) is 4.79 Å². The van der Waals surface area contributed by atoms with Crippen molar-refractivity contribution in [2.75, 3.05) is 13.2 Å². The molecular formula is C73H137NO8. The fourth-order valence-corrected chi connectivity index (χ4v) is 11.5. The summed E-state index contributed by atoms with van der Waals surface area (Å²) >= 11 is 0. The molecule has 0 radical (unpaired) electrons. The van der Waals surface area contributed by atoms with E-state index in [9.17, 15) is 30.3 Å². The van der Waals surface area contributed by atoms with Crippen molar-refractivity contribution in [3.8, 4) is 0 Å². The van der Waals surface area contributed by atoms with Crippen molar-refractivity contribution < 1.29 is 39.8 Å². The first-order chi connectivity index (χ1) is 40.3. The quantitative estimate of drug-likeness (QED) is 0.0261. The lowest BCUT2D eigenvalue weighted by atomic mass is 9.99. The highest BCUT2D eigenvalue weighted by molar-refractivity contribution is 5.76. The number of aliphatic hydroxyl groups excluding tert-OH is 5. The number of carbonyl (C=O) groups excluding carboxylic acids is 1. The molecule has 0 aliphatic carbocycles. The largest absolute Gasteiger partial charge is 0.394 e. The normalized spacial score (nSPS) is 18.5. The third kappa shape index (κ3) is 50.3. The first-order valence-electron chi connectivity index (χ1n) is 35.9. The Morgan fingerprint density at radius 1 is 0.415 bits per heavy atom. The molecule has 0 saturated carbocycles. The van der Waals surface area contributed by atoms with Crippen LogP contribution in [0.4, 0.5) is 0 Å². The van der Waals surface area contributed by atoms with Crippen molar-refractivity contribution >= 4 is 5.91 Å². The van der Waals surface area contributed by atoms with Gasteiger partial charge >= 0.3 is 0 Å². The van der Waals surface area contributed by atoms with Crippen LogP contribution >= 0.6 is 0 Å². The Balaban J connectivity index is 2.03. The van der Waals surface area contributed by atoms with Gasteiger partial charge in [-0.05, 0) is 57.8 Å². The van der Waals surface area contributed by atoms with E-state index in [0.717, 1.165) is 51.4 Å². The van der Waals surface area contributed by atoms with Crippen molar-refractivity contribution in [2.24, 2.45) is 0 Å². The summed E-state index contributed by atoms with van der Waals surface area (Å²) in [6, 6.07) is -0.804. The molecule has 0 aromatic heterocycles. The zero-order valence-corrected chi connectivity index (χ0v) is 54.0. The topological polar surface area (TPSA) is 149 Å². The molecule has 82 heavy (non-hydrogen) atoms. The molecule has 0 aromatic carbocycles. The van der Waals surface area contributed by atoms with Gasteiger partial charge in [0.2, 0.25) is 5.91 Å². The van der Waals surface area contributed by atoms with Gasteiger partial charge in [-0.15, -0.1) is 0 Å². The van der Waals surface area contributed by atoms with Crippen LogP contribution in [0.5, 0.6) is 0 Å². The Hall–Kier alpha value is -1.85. The van der Waals surface area contributed by atoms with E-state index in [0.29, 0.717) is 6.42 Å². The minimum absolute atomic E-state index is 0.170. The van der Waals surface area contributed by atoms with Crippen LogP contribution in [0, 0.1) is 0 Å². The number of allylic oxidation sites excluding steroid dienone is 7. The highest BCUT2D eigenvalue weighted by Crippen LogP contribution is 2.23. The summed E-state index contributed by atoms with van der Waals surface area (Å²) in [5, 5.41) is 54.7. The van der Waals surface area contributed by atoms with Crippen LogP contribution in [-0.2, 0) is 14.3 Å². The molecule has 1 aliphatic heterocycles. The molecule has 1 fully saturated rings. The number of nitrogens with one attached hydrogen (secondary N) is 1. The molecule has 1 amide bonds. The van der Waals surface area contributed by atoms with Crippen molar-refractivity contribution in [1.82, 2.24) is 5.32 Å². The minimum atomic E-state index is -1.57. The predicted molar refractivity (Wildman–Crippen MR) is 350 cm³/mol. The van der Waals surface area contributed by atoms with E-state index in [1.54, 1.807) is 6.08 Å². The average molecular weight is 1160 g/mol. The van der Waals surface area contributed by atoms with Gasteiger partial charge in [-0.25, -0.2) is 0 Å². The SMILES string of the molecule is CCCCCCC/C=C\C/C=C\C/C=C\CCCCCCCCCCCCCCCCCCCCCCCCCCCCC(=O)NC(COC1OC(CO)C(O)C(O)C1O)C(O)/C=C/CCCCCCCCCCCCCCCCCC. The number of unbranched alkanes of at least 4 members (excludes halogenated alkanes) is 47. The van der Waals surface area contributed by atoms with Gasteiger partial charge in [-0.2, -0.15) is 0 Å². The number of hydrogen-bond acceptors (Lipinski definition) is 8. The molecule has 9 heteroatoms. The molecule has 9 nitrogen and oxygen atoms in total. The fraction of sp³-hybridized carbons (Fsp3) is 0.877. The molecule has 1 aliphatic rings. The summed E-state index contributed by atoms with van der Waals surface area (Å²) in [5.74, 6) is -0.170. The smallest absolute Gasteiger partial charge is 0.220 e. The number of carbonyl (C=O) groups is 1. The van der Waals surface area contributed by atoms with Gasteiger partial charge in [0.1, 0.15) is 24.4 Å². The van der Waals surface area contributed by atoms with Crippen LogP contribution in [-0.4, -0.2) is 87.5 Å². The van der Waals surface area contributed by atoms with Crippen LogP contribution in [0.25, 0.3) is 0 Å². The van der Waals surface area contributed by atoms with E-state index in [2.05, 4.69) is 55.6 Å². The van der Waals surface area contributed by atoms with Crippen molar-refractivity contribution in [2.45, 2.75) is 397 Å². The maximum absolute atomic E-state index is 13.1. The Bertz CT molecular complexity index is 1430. The predicted octanol–water partition coefficient (Wildman–Crippen LogP) is 19.6. The molecule has 6 N–H and O–H groups in total. The van der Waals surface area contributed by atoms with Gasteiger partial charge in [0.15, 0.2) is 6.29 Å². The molecule has 1 rings (SSSR count). The van der Waals surface area contributed by atoms with Gasteiger partial charge < -0.3 is 40.3 Å². The van der Waals surface area contributed by atoms with E-state index in [1.807, 2.05) is 6.08 Å². The van der Waals surface area contributed by atoms with Gasteiger partial charge in [0, 0.05) is 6.42 Å². The Kier molecular flexibility index (Phi) is 59.3. The monoisotopic (exact) mass is 1160 g/mol. The Morgan fingerprint density at radius 2 is 0.720 bits per heavy atom. The number of hydrogen-bond donors (Lipinski definition) is 6. The van der Waals surface area contributed by atoms with Gasteiger partial charge in [-0.1, -0.05) is 339 Å². The second-order valence-electron chi connectivity index (χ2n) is 25.0. The van der Waals surface area contributed by atoms with Gasteiger partial charge in [0.25, 0.3) is 0 Å². The molecule has 0 aromatic rings. The summed E-state index contributed by atoms with van der Waals surface area (Å²) < 4.78 is 11.3. The average Bonchev–Trinajstić information content (AvgIpc) is 3.57. The van der Waals surface area contributed by atoms with Crippen LogP contribution in [0.3, 0.4) is 0 Å². The zero-order chi connectivity index (χ0) is 59.3. The number of amides is 1. The summed E-state index contributed by atoms with van der Waals surface area (Å²) in [4.78, 5) is 13.1. The van der Waals surface area contributed by atoms with E-state index >= 15 is 0 Å². The molecular weight excluding hydrogens is 1020 g/mol. The van der Waals surface area contributed by atoms with Crippen molar-refractivity contribution in [3.05, 3.63) is 48.6 Å². The highest BCUT2D eigenvalue weighted by Gasteiger charge is 2.44. The molecule has 7 unspecified atom stereocenters. The maximum Gasteiger partial charge on any atom is 0.220 e. The Labute approximate surface area is 507 Å². The third-order valence-corrected chi connectivity index (χ3v) is 17.1. The van der Waals surface area contributed by atoms with E-state index < -0.39 is 49.5 Å². The third-order valence-electron chi connectivity index (χ3n) is 17.1. The number of rotatable bonds is 63. The first-order valence-corrected chi connectivity index (χ1v) is 35.9. The molecule has 0 bridgehead atoms. The lowest BCUT2D eigenvalue weighted by Gasteiger charge is -2.40. The highest BCUT2D eigenvalue weighted by atomic mass is 16.7. The summed E-state index contributed by atoms with van der Waals surface area (Å²) in [6.07, 6.45) is 78.1. The summed E-state index contributed by atoms with van der Waals surface area (Å²) in [6.45, 7) is 3.81. The van der Waals surface area contributed by atoms with E-state index in [-0.39, 0.29) is 12.5 Å². The maximum atomic E-state index is 13.1. The fourth-order valence-electron chi connectivity index (χ4n) is 11.5. The molecule has 1 saturated heterocycles.